The van der Waals surface area contributed by atoms with E-state index in [0.717, 1.165) is 12.1 Å². The summed E-state index contributed by atoms with van der Waals surface area (Å²) < 4.78 is 64.2. The summed E-state index contributed by atoms with van der Waals surface area (Å²) in [5.74, 6) is -1.07. The second-order valence-electron chi connectivity index (χ2n) is 6.23. The molecule has 0 aliphatic carbocycles. The molecule has 34 heavy (non-hydrogen) atoms. The lowest BCUT2D eigenvalue weighted by Gasteiger charge is -2.14. The van der Waals surface area contributed by atoms with Gasteiger partial charge in [0, 0.05) is 18.3 Å². The number of hydrogen-bond acceptors (Lipinski definition) is 7. The van der Waals surface area contributed by atoms with Gasteiger partial charge in [0.25, 0.3) is 11.4 Å². The third-order valence-corrected chi connectivity index (χ3v) is 4.17. The zero-order valence-corrected chi connectivity index (χ0v) is 17.9. The van der Waals surface area contributed by atoms with Crippen LogP contribution >= 0.6 is 11.6 Å². The number of carbonyl (C=O) groups excluding carboxylic acids is 2. The number of halogens is 5. The molecule has 9 nitrogen and oxygen atoms in total. The highest BCUT2D eigenvalue weighted by Crippen LogP contribution is 2.36. The molecule has 0 bridgehead atoms. The quantitative estimate of drug-likeness (QED) is 0.509. The number of alkyl halides is 3. The SMILES string of the molecule is CCCOc1ncccc1Oc1cc(-n2c(=O)cc(C(F)(F)F)[nH]c2=O)c(F)cc1Cl.O=C=O. The summed E-state index contributed by atoms with van der Waals surface area (Å²) in [6, 6.07) is 4.86. The first-order valence-corrected chi connectivity index (χ1v) is 9.59. The first kappa shape index (κ1) is 26.3. The van der Waals surface area contributed by atoms with Crippen molar-refractivity contribution in [3.63, 3.8) is 0 Å². The van der Waals surface area contributed by atoms with Gasteiger partial charge in [-0.3, -0.25) is 4.79 Å². The summed E-state index contributed by atoms with van der Waals surface area (Å²) in [6.07, 6.45) is -2.56. The van der Waals surface area contributed by atoms with Crippen molar-refractivity contribution in [2.24, 2.45) is 0 Å². The summed E-state index contributed by atoms with van der Waals surface area (Å²) in [7, 11) is 0. The zero-order chi connectivity index (χ0) is 25.5. The van der Waals surface area contributed by atoms with Crippen molar-refractivity contribution in [3.05, 3.63) is 73.9 Å². The molecular formula is C20H14ClF4N3O6. The van der Waals surface area contributed by atoms with Crippen LogP contribution in [-0.4, -0.2) is 27.3 Å². The number of ether oxygens (including phenoxy) is 2. The Balaban J connectivity index is 0.00000129. The van der Waals surface area contributed by atoms with Gasteiger partial charge in [-0.1, -0.05) is 18.5 Å². The summed E-state index contributed by atoms with van der Waals surface area (Å²) in [6.45, 7) is 2.22. The van der Waals surface area contributed by atoms with Crippen molar-refractivity contribution < 1.29 is 36.6 Å². The molecular weight excluding hydrogens is 490 g/mol. The van der Waals surface area contributed by atoms with Crippen LogP contribution in [0.1, 0.15) is 19.0 Å². The van der Waals surface area contributed by atoms with E-state index < -0.39 is 34.6 Å². The molecule has 180 valence electrons. The predicted molar refractivity (Wildman–Crippen MR) is 108 cm³/mol. The Morgan fingerprint density at radius 1 is 1.18 bits per heavy atom. The number of benzene rings is 1. The van der Waals surface area contributed by atoms with Gasteiger partial charge in [0.05, 0.1) is 17.3 Å². The van der Waals surface area contributed by atoms with Crippen molar-refractivity contribution >= 4 is 17.8 Å². The molecule has 0 atom stereocenters. The van der Waals surface area contributed by atoms with Gasteiger partial charge < -0.3 is 14.5 Å². The molecule has 0 spiro atoms. The molecule has 1 N–H and O–H groups in total. The van der Waals surface area contributed by atoms with Gasteiger partial charge in [-0.25, -0.2) is 18.7 Å². The van der Waals surface area contributed by atoms with E-state index in [0.29, 0.717) is 13.0 Å². The Kier molecular flexibility index (Phi) is 8.70. The molecule has 0 aliphatic heterocycles. The van der Waals surface area contributed by atoms with E-state index in [1.165, 1.54) is 23.3 Å². The Morgan fingerprint density at radius 3 is 2.44 bits per heavy atom. The number of nitrogens with zero attached hydrogens (tertiary/aromatic N) is 2. The minimum Gasteiger partial charge on any atom is -0.475 e. The molecule has 2 heterocycles. The minimum absolute atomic E-state index is 0.115. The van der Waals surface area contributed by atoms with E-state index in [2.05, 4.69) is 4.98 Å². The number of aromatic nitrogens is 3. The van der Waals surface area contributed by atoms with E-state index in [1.807, 2.05) is 6.92 Å². The van der Waals surface area contributed by atoms with Gasteiger partial charge in [0.15, 0.2) is 5.75 Å². The number of rotatable bonds is 6. The van der Waals surface area contributed by atoms with Gasteiger partial charge in [0.2, 0.25) is 0 Å². The number of H-pyrrole nitrogens is 1. The van der Waals surface area contributed by atoms with E-state index in [-0.39, 0.29) is 39.2 Å². The molecule has 0 unspecified atom stereocenters. The smallest absolute Gasteiger partial charge is 0.431 e. The lowest BCUT2D eigenvalue weighted by molar-refractivity contribution is -0.191. The van der Waals surface area contributed by atoms with Crippen LogP contribution in [-0.2, 0) is 15.8 Å². The fraction of sp³-hybridized carbons (Fsp3) is 0.200. The van der Waals surface area contributed by atoms with Crippen molar-refractivity contribution in [1.82, 2.24) is 14.5 Å². The molecule has 0 amide bonds. The molecule has 0 aliphatic rings. The van der Waals surface area contributed by atoms with Gasteiger partial charge in [-0.15, -0.1) is 0 Å². The van der Waals surface area contributed by atoms with E-state index in [4.69, 9.17) is 30.7 Å². The van der Waals surface area contributed by atoms with E-state index in [1.54, 1.807) is 0 Å². The molecule has 0 saturated heterocycles. The van der Waals surface area contributed by atoms with Crippen LogP contribution in [0, 0.1) is 5.82 Å². The average molecular weight is 504 g/mol. The Bertz CT molecular complexity index is 1290. The minimum atomic E-state index is -4.96. The maximum Gasteiger partial charge on any atom is 0.431 e. The topological polar surface area (TPSA) is 120 Å². The van der Waals surface area contributed by atoms with Gasteiger partial charge in [-0.05, 0) is 24.6 Å². The number of nitrogens with one attached hydrogen (secondary N) is 1. The van der Waals surface area contributed by atoms with Gasteiger partial charge in [-0.2, -0.15) is 22.8 Å². The first-order chi connectivity index (χ1) is 16.0. The largest absolute Gasteiger partial charge is 0.475 e. The maximum absolute atomic E-state index is 14.5. The molecule has 3 rings (SSSR count). The van der Waals surface area contributed by atoms with Crippen molar-refractivity contribution in [3.8, 4) is 23.1 Å². The fourth-order valence-corrected chi connectivity index (χ4v) is 2.71. The van der Waals surface area contributed by atoms with Crippen LogP contribution in [0.3, 0.4) is 0 Å². The number of aromatic amines is 1. The van der Waals surface area contributed by atoms with Crippen molar-refractivity contribution in [2.45, 2.75) is 19.5 Å². The molecule has 2 aromatic heterocycles. The van der Waals surface area contributed by atoms with Crippen LogP contribution in [0.15, 0.2) is 46.1 Å². The summed E-state index contributed by atoms with van der Waals surface area (Å²) >= 11 is 6.01. The highest BCUT2D eigenvalue weighted by molar-refractivity contribution is 6.32. The Morgan fingerprint density at radius 2 is 1.85 bits per heavy atom. The molecule has 0 fully saturated rings. The number of pyridine rings is 1. The van der Waals surface area contributed by atoms with Gasteiger partial charge >= 0.3 is 18.0 Å². The lowest BCUT2D eigenvalue weighted by Crippen LogP contribution is -2.36. The maximum atomic E-state index is 14.5. The van der Waals surface area contributed by atoms with Crippen LogP contribution < -0.4 is 20.7 Å². The second kappa shape index (κ2) is 11.3. The normalized spacial score (nSPS) is 10.6. The van der Waals surface area contributed by atoms with Crippen LogP contribution in [0.25, 0.3) is 5.69 Å². The highest BCUT2D eigenvalue weighted by Gasteiger charge is 2.33. The highest BCUT2D eigenvalue weighted by atomic mass is 35.5. The zero-order valence-electron chi connectivity index (χ0n) is 17.1. The predicted octanol–water partition coefficient (Wildman–Crippen LogP) is 3.73. The molecule has 3 aromatic rings. The number of hydrogen-bond donors (Lipinski definition) is 1. The van der Waals surface area contributed by atoms with Crippen molar-refractivity contribution in [2.75, 3.05) is 6.61 Å². The summed E-state index contributed by atoms with van der Waals surface area (Å²) in [5, 5.41) is -0.220. The summed E-state index contributed by atoms with van der Waals surface area (Å²) in [4.78, 5) is 46.1. The van der Waals surface area contributed by atoms with Crippen LogP contribution in [0.5, 0.6) is 17.4 Å². The Labute approximate surface area is 192 Å². The van der Waals surface area contributed by atoms with Crippen molar-refractivity contribution in [1.29, 1.82) is 0 Å². The third kappa shape index (κ3) is 6.30. The second-order valence-corrected chi connectivity index (χ2v) is 6.64. The van der Waals surface area contributed by atoms with E-state index in [9.17, 15) is 27.2 Å². The first-order valence-electron chi connectivity index (χ1n) is 9.21. The standard InChI is InChI=1S/C19H14ClF4N3O4.CO2/c1-2-6-30-17-13(4-3-5-25-17)31-14-8-12(11(21)7-10(14)20)27-16(28)9-15(19(22,23)24)26-18(27)29;2-1-3/h3-5,7-9H,2,6H2,1H3,(H,26,29);. The lowest BCUT2D eigenvalue weighted by atomic mass is 10.2. The van der Waals surface area contributed by atoms with Crippen LogP contribution in [0.4, 0.5) is 17.6 Å². The van der Waals surface area contributed by atoms with Gasteiger partial charge in [0.1, 0.15) is 17.3 Å². The molecule has 14 heteroatoms. The third-order valence-electron chi connectivity index (χ3n) is 3.88. The average Bonchev–Trinajstić information content (AvgIpc) is 2.75. The van der Waals surface area contributed by atoms with Crippen LogP contribution in [0.2, 0.25) is 5.02 Å². The van der Waals surface area contributed by atoms with E-state index >= 15 is 0 Å². The summed E-state index contributed by atoms with van der Waals surface area (Å²) in [5.41, 5.74) is -5.09. The Hall–Kier alpha value is -3.96. The molecule has 1 aromatic carbocycles. The monoisotopic (exact) mass is 503 g/mol. The fourth-order valence-electron chi connectivity index (χ4n) is 2.52. The molecule has 0 saturated carbocycles. The molecule has 0 radical (unpaired) electrons.